The van der Waals surface area contributed by atoms with Crippen molar-refractivity contribution in [3.63, 3.8) is 0 Å². The van der Waals surface area contributed by atoms with Gasteiger partial charge in [0.15, 0.2) is 0 Å². The van der Waals surface area contributed by atoms with Crippen LogP contribution in [-0.4, -0.2) is 73.9 Å². The Morgan fingerprint density at radius 3 is 2.51 bits per heavy atom. The van der Waals surface area contributed by atoms with E-state index in [0.29, 0.717) is 5.41 Å². The van der Waals surface area contributed by atoms with Crippen LogP contribution in [0.4, 0.5) is 5.69 Å². The molecule has 0 saturated carbocycles. The fourth-order valence-corrected chi connectivity index (χ4v) is 5.92. The van der Waals surface area contributed by atoms with Crippen LogP contribution in [0.15, 0.2) is 53.4 Å². The molecule has 2 aliphatic rings. The Morgan fingerprint density at radius 1 is 1.03 bits per heavy atom. The number of carbonyl (C=O) groups is 1. The Labute approximate surface area is 215 Å². The van der Waals surface area contributed by atoms with E-state index in [1.165, 1.54) is 31.6 Å². The van der Waals surface area contributed by atoms with Gasteiger partial charge < -0.3 is 19.4 Å². The molecule has 35 heavy (non-hydrogen) atoms. The van der Waals surface area contributed by atoms with Crippen molar-refractivity contribution < 1.29 is 9.53 Å². The van der Waals surface area contributed by atoms with Crippen molar-refractivity contribution in [1.82, 2.24) is 9.80 Å². The highest BCUT2D eigenvalue weighted by Crippen LogP contribution is 2.28. The Balaban J connectivity index is 1.20. The molecule has 4 rings (SSSR count). The minimum atomic E-state index is 0.139. The van der Waals surface area contributed by atoms with Crippen LogP contribution in [0.25, 0.3) is 0 Å². The molecule has 0 atom stereocenters. The highest BCUT2D eigenvalue weighted by molar-refractivity contribution is 7.99. The summed E-state index contributed by atoms with van der Waals surface area (Å²) in [5, 5.41) is 0. The SMILES string of the molecule is CCSc1cccc(C(=O)N2CCN(c3ccc(OCCCN4CCCC(C)(C)C4)cc3)CC2)c1. The number of anilines is 1. The molecule has 1 amide bonds. The molecule has 6 heteroatoms. The van der Waals surface area contributed by atoms with E-state index in [4.69, 9.17) is 4.74 Å². The minimum Gasteiger partial charge on any atom is -0.494 e. The second-order valence-corrected chi connectivity index (χ2v) is 11.8. The van der Waals surface area contributed by atoms with Gasteiger partial charge in [0.05, 0.1) is 6.61 Å². The molecule has 0 aliphatic carbocycles. The van der Waals surface area contributed by atoms with Gasteiger partial charge in [-0.1, -0.05) is 26.8 Å². The molecule has 0 unspecified atom stereocenters. The maximum absolute atomic E-state index is 13.0. The molecule has 2 fully saturated rings. The summed E-state index contributed by atoms with van der Waals surface area (Å²) in [5.41, 5.74) is 2.44. The third kappa shape index (κ3) is 7.40. The molecular weight excluding hydrogens is 454 g/mol. The van der Waals surface area contributed by atoms with Crippen molar-refractivity contribution in [3.05, 3.63) is 54.1 Å². The second-order valence-electron chi connectivity index (χ2n) is 10.5. The molecule has 2 aromatic rings. The average Bonchev–Trinajstić information content (AvgIpc) is 2.87. The van der Waals surface area contributed by atoms with Gasteiger partial charge in [0, 0.05) is 55.4 Å². The number of rotatable bonds is 9. The predicted molar refractivity (Wildman–Crippen MR) is 147 cm³/mol. The molecular formula is C29H41N3O2S. The van der Waals surface area contributed by atoms with Crippen LogP contribution in [0.5, 0.6) is 5.75 Å². The number of piperazine rings is 1. The van der Waals surface area contributed by atoms with Gasteiger partial charge in [0.2, 0.25) is 0 Å². The van der Waals surface area contributed by atoms with Gasteiger partial charge in [-0.05, 0) is 79.4 Å². The van der Waals surface area contributed by atoms with E-state index in [2.05, 4.69) is 60.9 Å². The summed E-state index contributed by atoms with van der Waals surface area (Å²) in [6, 6.07) is 16.5. The molecule has 190 valence electrons. The van der Waals surface area contributed by atoms with E-state index in [-0.39, 0.29) is 5.91 Å². The van der Waals surface area contributed by atoms with Gasteiger partial charge in [0.25, 0.3) is 5.91 Å². The van der Waals surface area contributed by atoms with Crippen LogP contribution in [0, 0.1) is 5.41 Å². The van der Waals surface area contributed by atoms with Crippen molar-refractivity contribution >= 4 is 23.4 Å². The summed E-state index contributed by atoms with van der Waals surface area (Å²) in [4.78, 5) is 21.1. The lowest BCUT2D eigenvalue weighted by Crippen LogP contribution is -2.48. The summed E-state index contributed by atoms with van der Waals surface area (Å²) in [7, 11) is 0. The molecule has 0 radical (unpaired) electrons. The van der Waals surface area contributed by atoms with E-state index < -0.39 is 0 Å². The van der Waals surface area contributed by atoms with Gasteiger partial charge in [-0.3, -0.25) is 4.79 Å². The smallest absolute Gasteiger partial charge is 0.254 e. The third-order valence-electron chi connectivity index (χ3n) is 7.03. The summed E-state index contributed by atoms with van der Waals surface area (Å²) in [6.45, 7) is 14.4. The fraction of sp³-hybridized carbons (Fsp3) is 0.552. The third-order valence-corrected chi connectivity index (χ3v) is 7.90. The first-order valence-electron chi connectivity index (χ1n) is 13.2. The summed E-state index contributed by atoms with van der Waals surface area (Å²) >= 11 is 1.77. The quantitative estimate of drug-likeness (QED) is 0.332. The van der Waals surface area contributed by atoms with Crippen molar-refractivity contribution in [2.45, 2.75) is 44.9 Å². The van der Waals surface area contributed by atoms with Crippen LogP contribution in [0.2, 0.25) is 0 Å². The predicted octanol–water partition coefficient (Wildman–Crippen LogP) is 5.65. The van der Waals surface area contributed by atoms with Gasteiger partial charge in [-0.2, -0.15) is 0 Å². The van der Waals surface area contributed by atoms with E-state index in [1.807, 2.05) is 23.1 Å². The van der Waals surface area contributed by atoms with Crippen LogP contribution in [0.3, 0.4) is 0 Å². The number of hydrogen-bond donors (Lipinski definition) is 0. The van der Waals surface area contributed by atoms with E-state index in [1.54, 1.807) is 11.8 Å². The zero-order valence-corrected chi connectivity index (χ0v) is 22.5. The first-order valence-corrected chi connectivity index (χ1v) is 14.1. The summed E-state index contributed by atoms with van der Waals surface area (Å²) in [5.74, 6) is 2.09. The largest absolute Gasteiger partial charge is 0.494 e. The number of carbonyl (C=O) groups excluding carboxylic acids is 1. The topological polar surface area (TPSA) is 36.0 Å². The van der Waals surface area contributed by atoms with Crippen molar-refractivity contribution in [1.29, 1.82) is 0 Å². The lowest BCUT2D eigenvalue weighted by Gasteiger charge is -2.38. The number of amides is 1. The van der Waals surface area contributed by atoms with Gasteiger partial charge in [0.1, 0.15) is 5.75 Å². The van der Waals surface area contributed by atoms with E-state index in [0.717, 1.165) is 67.7 Å². The number of hydrogen-bond acceptors (Lipinski definition) is 5. The van der Waals surface area contributed by atoms with E-state index in [9.17, 15) is 4.79 Å². The first kappa shape index (κ1) is 25.9. The Hall–Kier alpha value is -2.18. The molecule has 2 saturated heterocycles. The maximum Gasteiger partial charge on any atom is 0.254 e. The maximum atomic E-state index is 13.0. The lowest BCUT2D eigenvalue weighted by atomic mass is 9.84. The van der Waals surface area contributed by atoms with Crippen molar-refractivity contribution in [2.75, 3.05) is 63.1 Å². The minimum absolute atomic E-state index is 0.139. The van der Waals surface area contributed by atoms with Crippen LogP contribution in [-0.2, 0) is 0 Å². The number of benzene rings is 2. The molecule has 0 N–H and O–H groups in total. The second kappa shape index (κ2) is 12.2. The zero-order chi connectivity index (χ0) is 24.7. The molecule has 0 spiro atoms. The van der Waals surface area contributed by atoms with Crippen molar-refractivity contribution in [2.24, 2.45) is 5.41 Å². The summed E-state index contributed by atoms with van der Waals surface area (Å²) in [6.07, 6.45) is 3.71. The first-order chi connectivity index (χ1) is 16.9. The molecule has 0 aromatic heterocycles. The Kier molecular flexibility index (Phi) is 9.01. The highest BCUT2D eigenvalue weighted by Gasteiger charge is 2.26. The van der Waals surface area contributed by atoms with Gasteiger partial charge in [-0.15, -0.1) is 11.8 Å². The van der Waals surface area contributed by atoms with Crippen molar-refractivity contribution in [3.8, 4) is 5.75 Å². The van der Waals surface area contributed by atoms with E-state index >= 15 is 0 Å². The lowest BCUT2D eigenvalue weighted by molar-refractivity contribution is 0.0746. The number of thioether (sulfide) groups is 1. The van der Waals surface area contributed by atoms with Gasteiger partial charge >= 0.3 is 0 Å². The number of piperidine rings is 1. The Morgan fingerprint density at radius 2 is 1.80 bits per heavy atom. The fourth-order valence-electron chi connectivity index (χ4n) is 5.20. The molecule has 2 aliphatic heterocycles. The standard InChI is InChI=1S/C29H41N3O2S/c1-4-35-27-9-5-8-24(22-27)28(33)32-19-17-31(18-20-32)25-10-12-26(13-11-25)34-21-7-16-30-15-6-14-29(2,3)23-30/h5,8-13,22H,4,6-7,14-21,23H2,1-3H3. The van der Waals surface area contributed by atoms with Crippen LogP contribution >= 0.6 is 11.8 Å². The summed E-state index contributed by atoms with van der Waals surface area (Å²) < 4.78 is 6.02. The molecule has 2 aromatic carbocycles. The number of ether oxygens (including phenoxy) is 1. The highest BCUT2D eigenvalue weighted by atomic mass is 32.2. The van der Waals surface area contributed by atoms with Crippen LogP contribution < -0.4 is 9.64 Å². The molecule has 5 nitrogen and oxygen atoms in total. The monoisotopic (exact) mass is 495 g/mol. The van der Waals surface area contributed by atoms with Gasteiger partial charge in [-0.25, -0.2) is 0 Å². The Bertz CT molecular complexity index is 955. The number of nitrogens with zero attached hydrogens (tertiary/aromatic N) is 3. The molecule has 2 heterocycles. The molecule has 0 bridgehead atoms. The van der Waals surface area contributed by atoms with Crippen LogP contribution in [0.1, 0.15) is 50.4 Å². The zero-order valence-electron chi connectivity index (χ0n) is 21.7. The normalized spacial score (nSPS) is 18.5. The average molecular weight is 496 g/mol. The number of likely N-dealkylation sites (tertiary alicyclic amines) is 1.